The van der Waals surface area contributed by atoms with Crippen molar-refractivity contribution >= 4 is 18.9 Å². The molecular weight excluding hydrogens is 468 g/mol. The van der Waals surface area contributed by atoms with Gasteiger partial charge in [-0.05, 0) is 37.9 Å². The zero-order valence-electron chi connectivity index (χ0n) is 18.9. The third-order valence-electron chi connectivity index (χ3n) is 6.65. The fraction of sp³-hybridized carbons (Fsp3) is 0.619. The molecule has 3 N–H and O–H groups in total. The molecule has 188 valence electrons. The van der Waals surface area contributed by atoms with Gasteiger partial charge < -0.3 is 29.7 Å². The summed E-state index contributed by atoms with van der Waals surface area (Å²) >= 11 is 0. The first-order valence-corrected chi connectivity index (χ1v) is 11.7. The molecule has 0 amide bonds. The fourth-order valence-electron chi connectivity index (χ4n) is 4.71. The molecule has 0 radical (unpaired) electrons. The summed E-state index contributed by atoms with van der Waals surface area (Å²) in [6.45, 7) is 1.79. The number of hydrogen-bond acceptors (Lipinski definition) is 10. The maximum Gasteiger partial charge on any atom is 0.455 e. The summed E-state index contributed by atoms with van der Waals surface area (Å²) in [5.41, 5.74) is 0.815. The zero-order chi connectivity index (χ0) is 24.6. The van der Waals surface area contributed by atoms with Crippen LogP contribution in [0.25, 0.3) is 0 Å². The minimum atomic E-state index is -4.63. The van der Waals surface area contributed by atoms with E-state index in [9.17, 15) is 23.2 Å². The van der Waals surface area contributed by atoms with Crippen molar-refractivity contribution in [3.05, 3.63) is 29.3 Å². The summed E-state index contributed by atoms with van der Waals surface area (Å²) in [4.78, 5) is 18.9. The van der Waals surface area contributed by atoms with Gasteiger partial charge in [0.05, 0.1) is 13.2 Å². The lowest BCUT2D eigenvalue weighted by Crippen LogP contribution is -2.43. The largest absolute Gasteiger partial charge is 0.469 e. The van der Waals surface area contributed by atoms with Crippen molar-refractivity contribution in [3.8, 4) is 5.88 Å². The van der Waals surface area contributed by atoms with Crippen LogP contribution in [0, 0.1) is 0 Å². The Morgan fingerprint density at radius 3 is 2.71 bits per heavy atom. The maximum atomic E-state index is 13.4. The van der Waals surface area contributed by atoms with E-state index in [4.69, 9.17) is 9.47 Å². The highest BCUT2D eigenvalue weighted by Gasteiger charge is 2.38. The normalized spacial score (nSPS) is 22.8. The maximum absolute atomic E-state index is 13.4. The van der Waals surface area contributed by atoms with E-state index >= 15 is 0 Å². The Labute approximate surface area is 200 Å². The van der Waals surface area contributed by atoms with Gasteiger partial charge in [-0.25, -0.2) is 15.0 Å². The van der Waals surface area contributed by atoms with Gasteiger partial charge in [-0.2, -0.15) is 18.2 Å². The number of fused-ring (bicyclic) bond motifs is 1. The minimum Gasteiger partial charge on any atom is -0.469 e. The van der Waals surface area contributed by atoms with Crippen molar-refractivity contribution in [1.29, 1.82) is 0 Å². The second-order valence-corrected chi connectivity index (χ2v) is 9.16. The van der Waals surface area contributed by atoms with Gasteiger partial charge in [0, 0.05) is 36.6 Å². The Balaban J connectivity index is 1.31. The number of hydrogen-bond donors (Lipinski definition) is 3. The quantitative estimate of drug-likeness (QED) is 0.509. The topological polar surface area (TPSA) is 126 Å². The third kappa shape index (κ3) is 5.28. The van der Waals surface area contributed by atoms with Crippen molar-refractivity contribution in [2.75, 3.05) is 36.5 Å². The molecule has 2 aromatic heterocycles. The fourth-order valence-corrected chi connectivity index (χ4v) is 4.71. The van der Waals surface area contributed by atoms with Gasteiger partial charge in [0.25, 0.3) is 0 Å². The van der Waals surface area contributed by atoms with E-state index in [0.29, 0.717) is 25.8 Å². The van der Waals surface area contributed by atoms with Crippen molar-refractivity contribution in [2.45, 2.75) is 56.2 Å². The molecular formula is C21H26BF3N6O4. The first-order valence-electron chi connectivity index (χ1n) is 11.7. The number of rotatable bonds is 6. The molecule has 1 unspecified atom stereocenters. The zero-order valence-corrected chi connectivity index (χ0v) is 18.9. The van der Waals surface area contributed by atoms with Gasteiger partial charge in [-0.3, -0.25) is 0 Å². The minimum absolute atomic E-state index is 0.0737. The van der Waals surface area contributed by atoms with E-state index in [1.54, 1.807) is 0 Å². The van der Waals surface area contributed by atoms with Crippen LogP contribution in [0.1, 0.15) is 36.1 Å². The smallest absolute Gasteiger partial charge is 0.455 e. The molecule has 0 spiro atoms. The van der Waals surface area contributed by atoms with Gasteiger partial charge in [-0.1, -0.05) is 0 Å². The van der Waals surface area contributed by atoms with Crippen LogP contribution in [0.3, 0.4) is 0 Å². The number of aromatic nitrogens is 4. The van der Waals surface area contributed by atoms with Crippen LogP contribution in [-0.4, -0.2) is 75.6 Å². The van der Waals surface area contributed by atoms with Crippen LogP contribution in [0.4, 0.5) is 24.9 Å². The predicted molar refractivity (Wildman–Crippen MR) is 119 cm³/mol. The monoisotopic (exact) mass is 494 g/mol. The standard InChI is InChI=1S/C21H26BF3N6O4/c23-21(24,25)16-7-26-20(30-19(16)35-14-9-34-10-14)29-13-2-1-5-31(8-13)18-15-4-3-12(22(32)33)6-17(15)27-11-28-18/h7,11-14,32-33H,1-6,8-10H2,(H,26,29,30)/t12?,13-/m1/s1. The Hall–Kier alpha value is -2.71. The Morgan fingerprint density at radius 1 is 1.17 bits per heavy atom. The molecule has 0 saturated carbocycles. The van der Waals surface area contributed by atoms with E-state index in [1.807, 2.05) is 0 Å². The van der Waals surface area contributed by atoms with Crippen LogP contribution in [0.5, 0.6) is 5.88 Å². The van der Waals surface area contributed by atoms with Crippen molar-refractivity contribution in [2.24, 2.45) is 0 Å². The Morgan fingerprint density at radius 2 is 2.00 bits per heavy atom. The lowest BCUT2D eigenvalue weighted by Gasteiger charge is -2.36. The van der Waals surface area contributed by atoms with E-state index in [-0.39, 0.29) is 31.0 Å². The first kappa shape index (κ1) is 24.0. The molecule has 2 fully saturated rings. The summed E-state index contributed by atoms with van der Waals surface area (Å²) in [5, 5.41) is 22.3. The number of ether oxygens (including phenoxy) is 2. The van der Waals surface area contributed by atoms with Crippen LogP contribution >= 0.6 is 0 Å². The van der Waals surface area contributed by atoms with Gasteiger partial charge in [0.2, 0.25) is 11.8 Å². The number of piperidine rings is 1. The first-order chi connectivity index (χ1) is 16.8. The molecule has 2 atom stereocenters. The van der Waals surface area contributed by atoms with Gasteiger partial charge in [-0.15, -0.1) is 0 Å². The second kappa shape index (κ2) is 9.74. The van der Waals surface area contributed by atoms with Crippen molar-refractivity contribution < 1.29 is 32.7 Å². The van der Waals surface area contributed by atoms with Crippen LogP contribution < -0.4 is 15.0 Å². The summed E-state index contributed by atoms with van der Waals surface area (Å²) in [6, 6.07) is -0.110. The van der Waals surface area contributed by atoms with E-state index in [1.165, 1.54) is 6.33 Å². The predicted octanol–water partition coefficient (Wildman–Crippen LogP) is 1.48. The molecule has 2 saturated heterocycles. The van der Waals surface area contributed by atoms with E-state index < -0.39 is 30.8 Å². The second-order valence-electron chi connectivity index (χ2n) is 9.16. The lowest BCUT2D eigenvalue weighted by molar-refractivity contribution is -0.142. The van der Waals surface area contributed by atoms with Crippen LogP contribution in [0.2, 0.25) is 5.82 Å². The number of halogens is 3. The summed E-state index contributed by atoms with van der Waals surface area (Å²) < 4.78 is 50.6. The highest BCUT2D eigenvalue weighted by molar-refractivity contribution is 6.43. The van der Waals surface area contributed by atoms with Gasteiger partial charge in [0.15, 0.2) is 0 Å². The van der Waals surface area contributed by atoms with Crippen LogP contribution in [-0.2, 0) is 23.8 Å². The SMILES string of the molecule is OB(O)C1CCc2c(ncnc2N2CCC[C@@H](Nc3ncc(C(F)(F)F)c(OC4COC4)n3)C2)C1. The molecule has 10 nitrogen and oxygen atoms in total. The average Bonchev–Trinajstić information content (AvgIpc) is 2.80. The molecule has 3 aliphatic rings. The summed E-state index contributed by atoms with van der Waals surface area (Å²) in [6.07, 6.45) is 0.549. The van der Waals surface area contributed by atoms with Crippen molar-refractivity contribution in [1.82, 2.24) is 19.9 Å². The Kier molecular flexibility index (Phi) is 6.68. The number of alkyl halides is 3. The van der Waals surface area contributed by atoms with Crippen LogP contribution in [0.15, 0.2) is 12.5 Å². The molecule has 35 heavy (non-hydrogen) atoms. The number of anilines is 2. The van der Waals surface area contributed by atoms with Gasteiger partial charge >= 0.3 is 13.3 Å². The molecule has 1 aliphatic carbocycles. The highest BCUT2D eigenvalue weighted by atomic mass is 19.4. The summed E-state index contributed by atoms with van der Waals surface area (Å²) in [7, 11) is -1.38. The molecule has 5 rings (SSSR count). The molecule has 2 aromatic rings. The molecule has 0 bridgehead atoms. The lowest BCUT2D eigenvalue weighted by atomic mass is 9.65. The molecule has 0 aromatic carbocycles. The number of nitrogens with one attached hydrogen (secondary N) is 1. The van der Waals surface area contributed by atoms with Gasteiger partial charge in [0.1, 0.15) is 23.8 Å². The highest BCUT2D eigenvalue weighted by Crippen LogP contribution is 2.37. The van der Waals surface area contributed by atoms with E-state index in [0.717, 1.165) is 42.7 Å². The number of nitrogens with zero attached hydrogens (tertiary/aromatic N) is 5. The summed E-state index contributed by atoms with van der Waals surface area (Å²) in [5.74, 6) is 0.140. The molecule has 14 heteroatoms. The van der Waals surface area contributed by atoms with E-state index in [2.05, 4.69) is 30.2 Å². The molecule has 4 heterocycles. The average molecular weight is 494 g/mol. The Bertz CT molecular complexity index is 1060. The third-order valence-corrected chi connectivity index (χ3v) is 6.65. The van der Waals surface area contributed by atoms with Crippen molar-refractivity contribution in [3.63, 3.8) is 0 Å². The molecule has 2 aliphatic heterocycles.